The lowest BCUT2D eigenvalue weighted by atomic mass is 10.1. The van der Waals surface area contributed by atoms with E-state index in [1.54, 1.807) is 12.1 Å². The van der Waals surface area contributed by atoms with Gasteiger partial charge in [0.1, 0.15) is 12.4 Å². The Kier molecular flexibility index (Phi) is 10.6. The fourth-order valence-corrected chi connectivity index (χ4v) is 3.14. The average Bonchev–Trinajstić information content (AvgIpc) is 2.72. The molecule has 0 aliphatic heterocycles. The van der Waals surface area contributed by atoms with Gasteiger partial charge < -0.3 is 15.0 Å². The third kappa shape index (κ3) is 6.59. The molecule has 1 aromatic heterocycles. The van der Waals surface area contributed by atoms with Gasteiger partial charge in [0.2, 0.25) is 0 Å². The highest BCUT2D eigenvalue weighted by Crippen LogP contribution is 2.22. The zero-order valence-corrected chi connectivity index (χ0v) is 19.2. The van der Waals surface area contributed by atoms with E-state index in [9.17, 15) is 4.79 Å². The summed E-state index contributed by atoms with van der Waals surface area (Å²) in [5.74, 6) is 0.490. The van der Waals surface area contributed by atoms with E-state index in [-0.39, 0.29) is 30.8 Å². The van der Waals surface area contributed by atoms with Crippen LogP contribution in [0.2, 0.25) is 0 Å². The SMILES string of the molecule is CCN(CC)CCOC(=O)c1ccc(Nc2cc(C)c3ccccc3n2)cc1.Cl.Cl. The van der Waals surface area contributed by atoms with Gasteiger partial charge in [0.15, 0.2) is 0 Å². The van der Waals surface area contributed by atoms with Gasteiger partial charge in [-0.15, -0.1) is 24.8 Å². The van der Waals surface area contributed by atoms with Gasteiger partial charge in [0.25, 0.3) is 0 Å². The van der Waals surface area contributed by atoms with Crippen LogP contribution in [0.15, 0.2) is 54.6 Å². The van der Waals surface area contributed by atoms with E-state index in [0.29, 0.717) is 12.2 Å². The van der Waals surface area contributed by atoms with E-state index >= 15 is 0 Å². The topological polar surface area (TPSA) is 54.5 Å². The van der Waals surface area contributed by atoms with Crippen molar-refractivity contribution in [1.82, 2.24) is 9.88 Å². The molecule has 3 rings (SSSR count). The molecule has 0 saturated carbocycles. The molecule has 30 heavy (non-hydrogen) atoms. The van der Waals surface area contributed by atoms with Crippen molar-refractivity contribution >= 4 is 53.2 Å². The maximum Gasteiger partial charge on any atom is 0.338 e. The number of hydrogen-bond acceptors (Lipinski definition) is 5. The maximum atomic E-state index is 12.2. The summed E-state index contributed by atoms with van der Waals surface area (Å²) >= 11 is 0. The number of aromatic nitrogens is 1. The molecule has 7 heteroatoms. The lowest BCUT2D eigenvalue weighted by molar-refractivity contribution is 0.0466. The second kappa shape index (κ2) is 12.4. The molecule has 0 fully saturated rings. The normalized spacial score (nSPS) is 10.3. The summed E-state index contributed by atoms with van der Waals surface area (Å²) in [5.41, 5.74) is 3.55. The van der Waals surface area contributed by atoms with Crippen molar-refractivity contribution in [2.75, 3.05) is 31.6 Å². The molecule has 162 valence electrons. The van der Waals surface area contributed by atoms with Crippen LogP contribution < -0.4 is 5.32 Å². The smallest absolute Gasteiger partial charge is 0.338 e. The minimum absolute atomic E-state index is 0. The first-order valence-corrected chi connectivity index (χ1v) is 9.73. The van der Waals surface area contributed by atoms with Crippen LogP contribution in [0, 0.1) is 6.92 Å². The molecule has 0 radical (unpaired) electrons. The number of nitrogens with one attached hydrogen (secondary N) is 1. The molecule has 0 atom stereocenters. The molecule has 1 N–H and O–H groups in total. The largest absolute Gasteiger partial charge is 0.461 e. The molecule has 2 aromatic carbocycles. The standard InChI is InChI=1S/C23H27N3O2.2ClH/c1-4-26(5-2)14-15-28-23(27)18-10-12-19(13-11-18)24-22-16-17(3)20-8-6-7-9-21(20)25-22;;/h6-13,16H,4-5,14-15H2,1-3H3,(H,24,25);2*1H. The summed E-state index contributed by atoms with van der Waals surface area (Å²) < 4.78 is 5.37. The summed E-state index contributed by atoms with van der Waals surface area (Å²) in [6.07, 6.45) is 0. The van der Waals surface area contributed by atoms with E-state index in [0.717, 1.165) is 42.0 Å². The third-order valence-corrected chi connectivity index (χ3v) is 4.85. The van der Waals surface area contributed by atoms with Gasteiger partial charge in [-0.1, -0.05) is 32.0 Å². The Morgan fingerprint density at radius 1 is 1.03 bits per heavy atom. The lowest BCUT2D eigenvalue weighted by Crippen LogP contribution is -2.27. The van der Waals surface area contributed by atoms with Gasteiger partial charge in [-0.05, 0) is 62.0 Å². The number of esters is 1. The predicted octanol–water partition coefficient (Wildman–Crippen LogP) is 5.63. The van der Waals surface area contributed by atoms with Gasteiger partial charge in [-0.2, -0.15) is 0 Å². The molecule has 0 bridgehead atoms. The van der Waals surface area contributed by atoms with Crippen molar-refractivity contribution in [3.05, 3.63) is 65.7 Å². The fraction of sp³-hybridized carbons (Fsp3) is 0.304. The molecular weight excluding hydrogens is 421 g/mol. The van der Waals surface area contributed by atoms with Gasteiger partial charge in [-0.25, -0.2) is 9.78 Å². The average molecular weight is 450 g/mol. The van der Waals surface area contributed by atoms with Crippen LogP contribution in [0.4, 0.5) is 11.5 Å². The van der Waals surface area contributed by atoms with E-state index in [1.165, 1.54) is 5.56 Å². The van der Waals surface area contributed by atoms with Crippen LogP contribution in [-0.4, -0.2) is 42.1 Å². The number of benzene rings is 2. The number of para-hydroxylation sites is 1. The summed E-state index contributed by atoms with van der Waals surface area (Å²) in [5, 5.41) is 4.46. The number of ether oxygens (including phenoxy) is 1. The number of fused-ring (bicyclic) bond motifs is 1. The predicted molar refractivity (Wildman–Crippen MR) is 129 cm³/mol. The third-order valence-electron chi connectivity index (χ3n) is 4.85. The number of aryl methyl sites for hydroxylation is 1. The van der Waals surface area contributed by atoms with Gasteiger partial charge in [-0.3, -0.25) is 0 Å². The quantitative estimate of drug-likeness (QED) is 0.451. The number of rotatable bonds is 8. The van der Waals surface area contributed by atoms with Crippen LogP contribution >= 0.6 is 24.8 Å². The van der Waals surface area contributed by atoms with E-state index < -0.39 is 0 Å². The van der Waals surface area contributed by atoms with Crippen molar-refractivity contribution in [3.8, 4) is 0 Å². The Labute approximate surface area is 190 Å². The fourth-order valence-electron chi connectivity index (χ4n) is 3.14. The van der Waals surface area contributed by atoms with Crippen molar-refractivity contribution in [2.24, 2.45) is 0 Å². The first-order chi connectivity index (χ1) is 13.6. The second-order valence-electron chi connectivity index (χ2n) is 6.71. The molecule has 1 heterocycles. The zero-order valence-electron chi connectivity index (χ0n) is 17.6. The number of halogens is 2. The Balaban J connectivity index is 0.00000225. The number of likely N-dealkylation sites (N-methyl/N-ethyl adjacent to an activating group) is 1. The number of carbonyl (C=O) groups is 1. The summed E-state index contributed by atoms with van der Waals surface area (Å²) in [6, 6.07) is 17.4. The summed E-state index contributed by atoms with van der Waals surface area (Å²) in [7, 11) is 0. The molecule has 0 spiro atoms. The molecular formula is C23H29Cl2N3O2. The highest BCUT2D eigenvalue weighted by atomic mass is 35.5. The zero-order chi connectivity index (χ0) is 19.9. The first kappa shape index (κ1) is 25.7. The number of anilines is 2. The molecule has 0 unspecified atom stereocenters. The van der Waals surface area contributed by atoms with Crippen LogP contribution in [0.25, 0.3) is 10.9 Å². The molecule has 0 aliphatic rings. The Morgan fingerprint density at radius 2 is 1.70 bits per heavy atom. The number of hydrogen-bond donors (Lipinski definition) is 1. The number of nitrogens with zero attached hydrogens (tertiary/aromatic N) is 2. The Hall–Kier alpha value is -2.34. The van der Waals surface area contributed by atoms with Crippen molar-refractivity contribution in [2.45, 2.75) is 20.8 Å². The Morgan fingerprint density at radius 3 is 2.37 bits per heavy atom. The highest BCUT2D eigenvalue weighted by Gasteiger charge is 2.09. The number of pyridine rings is 1. The maximum absolute atomic E-state index is 12.2. The van der Waals surface area contributed by atoms with E-state index in [2.05, 4.69) is 42.0 Å². The van der Waals surface area contributed by atoms with Crippen LogP contribution in [0.5, 0.6) is 0 Å². The monoisotopic (exact) mass is 449 g/mol. The lowest BCUT2D eigenvalue weighted by Gasteiger charge is -2.17. The molecule has 3 aromatic rings. The van der Waals surface area contributed by atoms with Crippen LogP contribution in [0.1, 0.15) is 29.8 Å². The van der Waals surface area contributed by atoms with Crippen molar-refractivity contribution in [3.63, 3.8) is 0 Å². The van der Waals surface area contributed by atoms with Crippen molar-refractivity contribution in [1.29, 1.82) is 0 Å². The minimum Gasteiger partial charge on any atom is -0.461 e. The van der Waals surface area contributed by atoms with Crippen molar-refractivity contribution < 1.29 is 9.53 Å². The van der Waals surface area contributed by atoms with Gasteiger partial charge >= 0.3 is 5.97 Å². The summed E-state index contributed by atoms with van der Waals surface area (Å²) in [4.78, 5) is 19.1. The minimum atomic E-state index is -0.293. The van der Waals surface area contributed by atoms with Crippen LogP contribution in [0.3, 0.4) is 0 Å². The van der Waals surface area contributed by atoms with Gasteiger partial charge in [0.05, 0.1) is 11.1 Å². The number of carbonyl (C=O) groups excluding carboxylic acids is 1. The molecule has 0 amide bonds. The first-order valence-electron chi connectivity index (χ1n) is 9.73. The Bertz CT molecular complexity index is 945. The highest BCUT2D eigenvalue weighted by molar-refractivity contribution is 5.90. The summed E-state index contributed by atoms with van der Waals surface area (Å²) in [6.45, 7) is 9.35. The molecule has 0 saturated heterocycles. The second-order valence-corrected chi connectivity index (χ2v) is 6.71. The van der Waals surface area contributed by atoms with E-state index in [4.69, 9.17) is 4.74 Å². The van der Waals surface area contributed by atoms with Crippen LogP contribution in [-0.2, 0) is 4.74 Å². The van der Waals surface area contributed by atoms with Gasteiger partial charge in [0, 0.05) is 17.6 Å². The molecule has 0 aliphatic carbocycles. The molecule has 5 nitrogen and oxygen atoms in total. The van der Waals surface area contributed by atoms with E-state index in [1.807, 2.05) is 36.4 Å².